The van der Waals surface area contributed by atoms with Crippen LogP contribution in [0.25, 0.3) is 0 Å². The van der Waals surface area contributed by atoms with E-state index in [1.165, 1.54) is 0 Å². The number of aryl methyl sites for hydroxylation is 1. The van der Waals surface area contributed by atoms with Crippen LogP contribution < -0.4 is 4.90 Å². The zero-order chi connectivity index (χ0) is 17.4. The van der Waals surface area contributed by atoms with Crippen LogP contribution in [0, 0.1) is 0 Å². The second kappa shape index (κ2) is 6.68. The smallest absolute Gasteiger partial charge is 0.244 e. The molecule has 0 spiro atoms. The van der Waals surface area contributed by atoms with Crippen molar-refractivity contribution in [3.8, 4) is 0 Å². The first-order valence-corrected chi connectivity index (χ1v) is 9.11. The number of carbonyl (C=O) groups excluding carboxylic acids is 1. The Balaban J connectivity index is 1.52. The van der Waals surface area contributed by atoms with Crippen molar-refractivity contribution in [3.63, 3.8) is 0 Å². The fourth-order valence-corrected chi connectivity index (χ4v) is 4.43. The van der Waals surface area contributed by atoms with Crippen molar-refractivity contribution >= 4 is 11.6 Å². The van der Waals surface area contributed by atoms with Crippen molar-refractivity contribution in [3.05, 3.63) is 12.4 Å². The van der Waals surface area contributed by atoms with E-state index in [4.69, 9.17) is 4.74 Å². The van der Waals surface area contributed by atoms with Crippen LogP contribution in [0.4, 0.5) is 5.69 Å². The van der Waals surface area contributed by atoms with Crippen LogP contribution in [-0.4, -0.2) is 94.7 Å². The lowest BCUT2D eigenvalue weighted by Gasteiger charge is -2.54. The zero-order valence-electron chi connectivity index (χ0n) is 14.8. The second-order valence-electron chi connectivity index (χ2n) is 7.41. The summed E-state index contributed by atoms with van der Waals surface area (Å²) in [5, 5.41) is 14.2. The molecule has 1 aromatic rings. The molecule has 3 saturated heterocycles. The van der Waals surface area contributed by atoms with Gasteiger partial charge in [0.25, 0.3) is 0 Å². The lowest BCUT2D eigenvalue weighted by atomic mass is 9.91. The first kappa shape index (κ1) is 17.0. The first-order valence-electron chi connectivity index (χ1n) is 9.11. The van der Waals surface area contributed by atoms with Gasteiger partial charge in [-0.1, -0.05) is 0 Å². The summed E-state index contributed by atoms with van der Waals surface area (Å²) in [5.41, 5.74) is 0.501. The number of amides is 1. The molecule has 3 aliphatic rings. The highest BCUT2D eigenvalue weighted by atomic mass is 16.5. The van der Waals surface area contributed by atoms with Crippen LogP contribution in [0.3, 0.4) is 0 Å². The highest BCUT2D eigenvalue weighted by molar-refractivity contribution is 5.97. The number of hydrogen-bond donors (Lipinski definition) is 1. The molecular weight excluding hydrogens is 322 g/mol. The van der Waals surface area contributed by atoms with Crippen LogP contribution in [0.15, 0.2) is 12.4 Å². The van der Waals surface area contributed by atoms with Gasteiger partial charge in [0.1, 0.15) is 0 Å². The number of fused-ring (bicyclic) bond motifs is 1. The standard InChI is InChI=1S/C17H27N5O3/c1-19-10-14(9-18-19)22-4-2-3-15(16(22)24)20-5-6-21-7-8-25-13-17(21,11-20)12-23/h9-10,15,23H,2-8,11-13H2,1H3. The van der Waals surface area contributed by atoms with E-state index in [1.54, 1.807) is 10.9 Å². The maximum Gasteiger partial charge on any atom is 0.244 e. The number of rotatable bonds is 3. The Hall–Kier alpha value is -1.48. The topological polar surface area (TPSA) is 74.1 Å². The van der Waals surface area contributed by atoms with E-state index < -0.39 is 0 Å². The predicted octanol–water partition coefficient (Wildman–Crippen LogP) is -0.706. The second-order valence-corrected chi connectivity index (χ2v) is 7.41. The highest BCUT2D eigenvalue weighted by Crippen LogP contribution is 2.30. The van der Waals surface area contributed by atoms with Gasteiger partial charge in [-0.05, 0) is 12.8 Å². The normalized spacial score (nSPS) is 32.0. The summed E-state index contributed by atoms with van der Waals surface area (Å²) in [6.45, 7) is 5.34. The molecule has 2 atom stereocenters. The van der Waals surface area contributed by atoms with E-state index in [2.05, 4.69) is 14.9 Å². The average molecular weight is 349 g/mol. The minimum Gasteiger partial charge on any atom is -0.394 e. The number of hydrogen-bond acceptors (Lipinski definition) is 6. The van der Waals surface area contributed by atoms with Gasteiger partial charge in [-0.15, -0.1) is 0 Å². The molecule has 1 aromatic heterocycles. The van der Waals surface area contributed by atoms with Crippen LogP contribution in [0.1, 0.15) is 12.8 Å². The fraction of sp³-hybridized carbons (Fsp3) is 0.765. The van der Waals surface area contributed by atoms with Gasteiger partial charge in [0.2, 0.25) is 5.91 Å². The van der Waals surface area contributed by atoms with Gasteiger partial charge in [0.05, 0.1) is 43.3 Å². The fourth-order valence-electron chi connectivity index (χ4n) is 4.43. The van der Waals surface area contributed by atoms with Crippen molar-refractivity contribution in [2.24, 2.45) is 7.05 Å². The molecule has 3 aliphatic heterocycles. The monoisotopic (exact) mass is 349 g/mol. The number of nitrogens with zero attached hydrogens (tertiary/aromatic N) is 5. The summed E-state index contributed by atoms with van der Waals surface area (Å²) < 4.78 is 7.38. The zero-order valence-corrected chi connectivity index (χ0v) is 14.8. The van der Waals surface area contributed by atoms with Crippen molar-refractivity contribution in [1.29, 1.82) is 0 Å². The number of anilines is 1. The molecule has 3 fully saturated rings. The Labute approximate surface area is 147 Å². The van der Waals surface area contributed by atoms with E-state index >= 15 is 0 Å². The van der Waals surface area contributed by atoms with Gasteiger partial charge in [0, 0.05) is 46.0 Å². The lowest BCUT2D eigenvalue weighted by molar-refractivity contribution is -0.143. The molecule has 0 radical (unpaired) electrons. The van der Waals surface area contributed by atoms with Crippen molar-refractivity contribution in [2.75, 3.05) is 57.4 Å². The molecule has 2 unspecified atom stereocenters. The van der Waals surface area contributed by atoms with Crippen LogP contribution in [-0.2, 0) is 16.6 Å². The lowest BCUT2D eigenvalue weighted by Crippen LogP contribution is -2.71. The summed E-state index contributed by atoms with van der Waals surface area (Å²) in [4.78, 5) is 19.6. The number of piperidine rings is 1. The van der Waals surface area contributed by atoms with Gasteiger partial charge in [-0.25, -0.2) is 0 Å². The Morgan fingerprint density at radius 2 is 2.24 bits per heavy atom. The third-order valence-corrected chi connectivity index (χ3v) is 5.85. The number of piperazine rings is 1. The van der Waals surface area contributed by atoms with Crippen LogP contribution >= 0.6 is 0 Å². The number of morpholine rings is 1. The summed E-state index contributed by atoms with van der Waals surface area (Å²) in [7, 11) is 1.86. The molecule has 138 valence electrons. The molecule has 0 aliphatic carbocycles. The van der Waals surface area contributed by atoms with Crippen molar-refractivity contribution in [2.45, 2.75) is 24.4 Å². The molecule has 0 aromatic carbocycles. The number of aliphatic hydroxyl groups is 1. The number of aliphatic hydroxyl groups excluding tert-OH is 1. The molecule has 1 N–H and O–H groups in total. The molecule has 4 rings (SSSR count). The molecule has 0 saturated carbocycles. The van der Waals surface area contributed by atoms with Gasteiger partial charge in [-0.2, -0.15) is 5.10 Å². The van der Waals surface area contributed by atoms with E-state index in [-0.39, 0.29) is 24.1 Å². The van der Waals surface area contributed by atoms with Crippen molar-refractivity contribution < 1.29 is 14.6 Å². The van der Waals surface area contributed by atoms with Gasteiger partial charge in [-0.3, -0.25) is 19.3 Å². The maximum absolute atomic E-state index is 13.1. The molecule has 25 heavy (non-hydrogen) atoms. The average Bonchev–Trinajstić information content (AvgIpc) is 3.07. The summed E-state index contributed by atoms with van der Waals surface area (Å²) in [6, 6.07) is -0.124. The Bertz CT molecular complexity index is 636. The number of ether oxygens (including phenoxy) is 1. The first-order chi connectivity index (χ1) is 12.1. The molecule has 4 heterocycles. The number of carbonyl (C=O) groups is 1. The number of aromatic nitrogens is 2. The van der Waals surface area contributed by atoms with Crippen molar-refractivity contribution in [1.82, 2.24) is 19.6 Å². The predicted molar refractivity (Wildman–Crippen MR) is 92.4 cm³/mol. The summed E-state index contributed by atoms with van der Waals surface area (Å²) >= 11 is 0. The Morgan fingerprint density at radius 1 is 1.36 bits per heavy atom. The van der Waals surface area contributed by atoms with E-state index in [1.807, 2.05) is 18.1 Å². The molecule has 8 heteroatoms. The Kier molecular flexibility index (Phi) is 4.53. The minimum atomic E-state index is -0.368. The molecule has 8 nitrogen and oxygen atoms in total. The van der Waals surface area contributed by atoms with Gasteiger partial charge < -0.3 is 14.7 Å². The minimum absolute atomic E-state index is 0.0662. The maximum atomic E-state index is 13.1. The van der Waals surface area contributed by atoms with Crippen LogP contribution in [0.5, 0.6) is 0 Å². The SMILES string of the molecule is Cn1cc(N2CCCC(N3CCN4CCOCC4(CO)C3)C2=O)cn1. The van der Waals surface area contributed by atoms with E-state index in [0.717, 1.165) is 51.3 Å². The van der Waals surface area contributed by atoms with E-state index in [9.17, 15) is 9.90 Å². The molecular formula is C17H27N5O3. The third kappa shape index (κ3) is 2.97. The van der Waals surface area contributed by atoms with E-state index in [0.29, 0.717) is 13.2 Å². The van der Waals surface area contributed by atoms with Gasteiger partial charge in [0.15, 0.2) is 0 Å². The quantitative estimate of drug-likeness (QED) is 0.778. The summed E-state index contributed by atoms with van der Waals surface area (Å²) in [6.07, 6.45) is 5.50. The third-order valence-electron chi connectivity index (χ3n) is 5.85. The Morgan fingerprint density at radius 3 is 3.00 bits per heavy atom. The highest BCUT2D eigenvalue weighted by Gasteiger charge is 2.47. The summed E-state index contributed by atoms with van der Waals surface area (Å²) in [5.74, 6) is 0.150. The van der Waals surface area contributed by atoms with Crippen LogP contribution in [0.2, 0.25) is 0 Å². The molecule has 0 bridgehead atoms. The van der Waals surface area contributed by atoms with Gasteiger partial charge >= 0.3 is 0 Å². The largest absolute Gasteiger partial charge is 0.394 e. The molecule has 1 amide bonds.